The van der Waals surface area contributed by atoms with Crippen LogP contribution in [0, 0.1) is 0 Å². The monoisotopic (exact) mass is 316 g/mol. The van der Waals surface area contributed by atoms with Crippen LogP contribution in [0.2, 0.25) is 5.02 Å². The van der Waals surface area contributed by atoms with Crippen molar-refractivity contribution in [3.05, 3.63) is 46.7 Å². The van der Waals surface area contributed by atoms with E-state index in [1.54, 1.807) is 4.90 Å². The number of amides is 2. The Morgan fingerprint density at radius 2 is 2.14 bits per heavy atom. The number of halogens is 1. The Morgan fingerprint density at radius 3 is 2.86 bits per heavy atom. The van der Waals surface area contributed by atoms with Crippen LogP contribution in [0.15, 0.2) is 30.5 Å². The van der Waals surface area contributed by atoms with Crippen molar-refractivity contribution in [3.8, 4) is 11.4 Å². The zero-order valence-electron chi connectivity index (χ0n) is 12.3. The standard InChI is InChI=1S/C16H17ClN4O/c1-2-18-16(22)21-8-7-14-12(10-21)9-19-15(20-14)11-3-5-13(17)6-4-11/h3-6,9H,2,7-8,10H2,1H3,(H,18,22). The number of rotatable bonds is 2. The highest BCUT2D eigenvalue weighted by Crippen LogP contribution is 2.22. The van der Waals surface area contributed by atoms with E-state index < -0.39 is 0 Å². The summed E-state index contributed by atoms with van der Waals surface area (Å²) in [5, 5.41) is 3.52. The zero-order chi connectivity index (χ0) is 15.5. The van der Waals surface area contributed by atoms with Gasteiger partial charge in [-0.25, -0.2) is 14.8 Å². The second-order valence-electron chi connectivity index (χ2n) is 5.18. The summed E-state index contributed by atoms with van der Waals surface area (Å²) in [6, 6.07) is 7.45. The Kier molecular flexibility index (Phi) is 4.24. The predicted molar refractivity (Wildman–Crippen MR) is 85.7 cm³/mol. The molecule has 0 saturated carbocycles. The smallest absolute Gasteiger partial charge is 0.317 e. The molecular formula is C16H17ClN4O. The van der Waals surface area contributed by atoms with E-state index in [1.165, 1.54) is 0 Å². The molecule has 2 aromatic rings. The molecule has 1 aliphatic rings. The lowest BCUT2D eigenvalue weighted by atomic mass is 10.1. The molecule has 3 rings (SSSR count). The summed E-state index contributed by atoms with van der Waals surface area (Å²) in [6.07, 6.45) is 2.56. The maximum atomic E-state index is 11.9. The summed E-state index contributed by atoms with van der Waals surface area (Å²) < 4.78 is 0. The fraction of sp³-hybridized carbons (Fsp3) is 0.312. The molecule has 1 aromatic heterocycles. The predicted octanol–water partition coefficient (Wildman–Crippen LogP) is 2.88. The maximum absolute atomic E-state index is 11.9. The van der Waals surface area contributed by atoms with Crippen LogP contribution < -0.4 is 5.32 Å². The lowest BCUT2D eigenvalue weighted by Gasteiger charge is -2.28. The largest absolute Gasteiger partial charge is 0.338 e. The summed E-state index contributed by atoms with van der Waals surface area (Å²) in [5.41, 5.74) is 2.97. The van der Waals surface area contributed by atoms with Gasteiger partial charge in [0.1, 0.15) is 0 Å². The van der Waals surface area contributed by atoms with Crippen LogP contribution in [-0.4, -0.2) is 34.0 Å². The molecule has 0 unspecified atom stereocenters. The minimum atomic E-state index is -0.0325. The number of benzene rings is 1. The Balaban J connectivity index is 1.81. The molecular weight excluding hydrogens is 300 g/mol. The minimum Gasteiger partial charge on any atom is -0.338 e. The highest BCUT2D eigenvalue weighted by atomic mass is 35.5. The lowest BCUT2D eigenvalue weighted by molar-refractivity contribution is 0.192. The van der Waals surface area contributed by atoms with E-state index in [0.717, 1.165) is 23.2 Å². The van der Waals surface area contributed by atoms with Gasteiger partial charge in [0, 0.05) is 41.9 Å². The quantitative estimate of drug-likeness (QED) is 0.927. The van der Waals surface area contributed by atoms with E-state index in [2.05, 4.69) is 15.3 Å². The van der Waals surface area contributed by atoms with Gasteiger partial charge in [-0.05, 0) is 31.2 Å². The van der Waals surface area contributed by atoms with E-state index in [4.69, 9.17) is 11.6 Å². The highest BCUT2D eigenvalue weighted by Gasteiger charge is 2.22. The van der Waals surface area contributed by atoms with E-state index in [-0.39, 0.29) is 6.03 Å². The fourth-order valence-electron chi connectivity index (χ4n) is 2.49. The van der Waals surface area contributed by atoms with Crippen molar-refractivity contribution in [2.75, 3.05) is 13.1 Å². The third kappa shape index (κ3) is 3.04. The second kappa shape index (κ2) is 6.32. The molecule has 0 spiro atoms. The molecule has 1 aliphatic heterocycles. The van der Waals surface area contributed by atoms with Gasteiger partial charge in [-0.1, -0.05) is 11.6 Å². The number of nitrogens with zero attached hydrogens (tertiary/aromatic N) is 3. The van der Waals surface area contributed by atoms with Crippen LogP contribution in [0.4, 0.5) is 4.79 Å². The molecule has 0 aliphatic carbocycles. The number of hydrogen-bond donors (Lipinski definition) is 1. The average Bonchev–Trinajstić information content (AvgIpc) is 2.55. The van der Waals surface area contributed by atoms with Crippen molar-refractivity contribution >= 4 is 17.6 Å². The van der Waals surface area contributed by atoms with E-state index in [0.29, 0.717) is 30.5 Å². The molecule has 6 heteroatoms. The number of nitrogens with one attached hydrogen (secondary N) is 1. The fourth-order valence-corrected chi connectivity index (χ4v) is 2.62. The number of fused-ring (bicyclic) bond motifs is 1. The molecule has 1 aromatic carbocycles. The minimum absolute atomic E-state index is 0.0325. The maximum Gasteiger partial charge on any atom is 0.317 e. The first-order chi connectivity index (χ1) is 10.7. The van der Waals surface area contributed by atoms with Crippen LogP contribution in [0.5, 0.6) is 0 Å². The Morgan fingerprint density at radius 1 is 1.36 bits per heavy atom. The molecule has 0 radical (unpaired) electrons. The third-order valence-electron chi connectivity index (χ3n) is 3.65. The molecule has 2 heterocycles. The summed E-state index contributed by atoms with van der Waals surface area (Å²) in [4.78, 5) is 22.7. The Bertz CT molecular complexity index is 687. The van der Waals surface area contributed by atoms with Crippen molar-refractivity contribution in [3.63, 3.8) is 0 Å². The van der Waals surface area contributed by atoms with Gasteiger partial charge in [-0.2, -0.15) is 0 Å². The second-order valence-corrected chi connectivity index (χ2v) is 5.62. The highest BCUT2D eigenvalue weighted by molar-refractivity contribution is 6.30. The number of aromatic nitrogens is 2. The van der Waals surface area contributed by atoms with Gasteiger partial charge >= 0.3 is 6.03 Å². The summed E-state index contributed by atoms with van der Waals surface area (Å²) in [7, 11) is 0. The molecule has 22 heavy (non-hydrogen) atoms. The first kappa shape index (κ1) is 14.8. The molecule has 2 amide bonds. The Labute approximate surface area is 134 Å². The molecule has 114 valence electrons. The molecule has 1 N–H and O–H groups in total. The van der Waals surface area contributed by atoms with Crippen molar-refractivity contribution in [1.82, 2.24) is 20.2 Å². The van der Waals surface area contributed by atoms with Gasteiger partial charge < -0.3 is 10.2 Å². The topological polar surface area (TPSA) is 58.1 Å². The normalized spacial score (nSPS) is 13.6. The van der Waals surface area contributed by atoms with Gasteiger partial charge in [-0.3, -0.25) is 0 Å². The molecule has 0 atom stereocenters. The van der Waals surface area contributed by atoms with Gasteiger partial charge in [0.15, 0.2) is 5.82 Å². The van der Waals surface area contributed by atoms with Crippen molar-refractivity contribution in [2.24, 2.45) is 0 Å². The molecule has 0 bridgehead atoms. The summed E-state index contributed by atoms with van der Waals surface area (Å²) >= 11 is 5.90. The Hall–Kier alpha value is -2.14. The molecule has 0 saturated heterocycles. The first-order valence-electron chi connectivity index (χ1n) is 7.31. The van der Waals surface area contributed by atoms with Gasteiger partial charge in [0.05, 0.1) is 12.2 Å². The number of hydrogen-bond acceptors (Lipinski definition) is 3. The number of carbonyl (C=O) groups is 1. The van der Waals surface area contributed by atoms with Crippen molar-refractivity contribution < 1.29 is 4.79 Å². The van der Waals surface area contributed by atoms with Gasteiger partial charge in [-0.15, -0.1) is 0 Å². The van der Waals surface area contributed by atoms with Crippen LogP contribution >= 0.6 is 11.6 Å². The van der Waals surface area contributed by atoms with Crippen molar-refractivity contribution in [1.29, 1.82) is 0 Å². The van der Waals surface area contributed by atoms with E-state index >= 15 is 0 Å². The summed E-state index contributed by atoms with van der Waals surface area (Å²) in [6.45, 7) is 3.78. The number of urea groups is 1. The first-order valence-corrected chi connectivity index (χ1v) is 7.68. The van der Waals surface area contributed by atoms with Crippen LogP contribution in [0.1, 0.15) is 18.2 Å². The van der Waals surface area contributed by atoms with Crippen molar-refractivity contribution in [2.45, 2.75) is 19.9 Å². The van der Waals surface area contributed by atoms with Crippen LogP contribution in [-0.2, 0) is 13.0 Å². The molecule has 0 fully saturated rings. The van der Waals surface area contributed by atoms with E-state index in [9.17, 15) is 4.79 Å². The summed E-state index contributed by atoms with van der Waals surface area (Å²) in [5.74, 6) is 0.696. The van der Waals surface area contributed by atoms with E-state index in [1.807, 2.05) is 37.4 Å². The van der Waals surface area contributed by atoms with Crippen LogP contribution in [0.3, 0.4) is 0 Å². The number of carbonyl (C=O) groups excluding carboxylic acids is 1. The van der Waals surface area contributed by atoms with Crippen LogP contribution in [0.25, 0.3) is 11.4 Å². The van der Waals surface area contributed by atoms with Gasteiger partial charge in [0.2, 0.25) is 0 Å². The molecule has 5 nitrogen and oxygen atoms in total. The van der Waals surface area contributed by atoms with Gasteiger partial charge in [0.25, 0.3) is 0 Å². The zero-order valence-corrected chi connectivity index (χ0v) is 13.1. The third-order valence-corrected chi connectivity index (χ3v) is 3.90. The SMILES string of the molecule is CCNC(=O)N1CCc2nc(-c3ccc(Cl)cc3)ncc2C1. The average molecular weight is 317 g/mol. The lowest BCUT2D eigenvalue weighted by Crippen LogP contribution is -2.42.